The summed E-state index contributed by atoms with van der Waals surface area (Å²) in [4.78, 5) is 26.8. The number of rotatable bonds is 5. The maximum absolute atomic E-state index is 12.6. The van der Waals surface area contributed by atoms with E-state index in [9.17, 15) is 14.7 Å². The van der Waals surface area contributed by atoms with E-state index in [1.807, 2.05) is 18.2 Å². The van der Waals surface area contributed by atoms with Gasteiger partial charge in [0, 0.05) is 33.0 Å². The lowest BCUT2D eigenvalue weighted by Crippen LogP contribution is -2.43. The first-order valence-corrected chi connectivity index (χ1v) is 14.5. The number of likely N-dealkylation sites (tertiary alicyclic amines) is 1. The molecule has 1 saturated heterocycles. The van der Waals surface area contributed by atoms with Crippen molar-refractivity contribution in [3.63, 3.8) is 0 Å². The molecule has 2 unspecified atom stereocenters. The predicted octanol–water partition coefficient (Wildman–Crippen LogP) is 8.47. The van der Waals surface area contributed by atoms with Crippen molar-refractivity contribution < 1.29 is 23.8 Å². The summed E-state index contributed by atoms with van der Waals surface area (Å²) in [7, 11) is 0. The van der Waals surface area contributed by atoms with E-state index in [1.54, 1.807) is 32.5 Å². The van der Waals surface area contributed by atoms with Gasteiger partial charge in [-0.05, 0) is 62.1 Å². The Morgan fingerprint density at radius 3 is 2.17 bits per heavy atom. The van der Waals surface area contributed by atoms with Crippen LogP contribution in [0, 0.1) is 0 Å². The number of fused-ring (bicyclic) bond motifs is 3. The zero-order valence-electron chi connectivity index (χ0n) is 23.2. The molecule has 208 valence electrons. The van der Waals surface area contributed by atoms with Crippen molar-refractivity contribution in [3.8, 4) is 22.3 Å². The molecule has 6 nitrogen and oxygen atoms in total. The van der Waals surface area contributed by atoms with Crippen LogP contribution < -0.4 is 0 Å². The molecule has 2 heterocycles. The second-order valence-electron chi connectivity index (χ2n) is 11.3. The largest absolute Gasteiger partial charge is 0.480 e. The van der Waals surface area contributed by atoms with Gasteiger partial charge in [0.1, 0.15) is 22.8 Å². The van der Waals surface area contributed by atoms with E-state index in [-0.39, 0.29) is 5.25 Å². The summed E-state index contributed by atoms with van der Waals surface area (Å²) in [6.07, 6.45) is -0.205. The molecule has 0 aliphatic carbocycles. The second-order valence-corrected chi connectivity index (χ2v) is 12.7. The van der Waals surface area contributed by atoms with Gasteiger partial charge in [-0.3, -0.25) is 4.90 Å². The van der Waals surface area contributed by atoms with Gasteiger partial charge in [-0.1, -0.05) is 72.8 Å². The summed E-state index contributed by atoms with van der Waals surface area (Å²) >= 11 is 1.59. The molecule has 41 heavy (non-hydrogen) atoms. The number of carbonyl (C=O) groups excluding carboxylic acids is 1. The molecule has 1 aromatic heterocycles. The monoisotopic (exact) mass is 565 g/mol. The average molecular weight is 566 g/mol. The predicted molar refractivity (Wildman–Crippen MR) is 163 cm³/mol. The van der Waals surface area contributed by atoms with E-state index in [0.29, 0.717) is 13.0 Å². The minimum atomic E-state index is -1.01. The number of nitrogens with zero attached hydrogens (tertiary/aromatic N) is 1. The van der Waals surface area contributed by atoms with Crippen molar-refractivity contribution >= 4 is 45.8 Å². The molecular weight excluding hydrogens is 534 g/mol. The highest BCUT2D eigenvalue weighted by atomic mass is 32.2. The van der Waals surface area contributed by atoms with Gasteiger partial charge in [0.15, 0.2) is 0 Å². The molecule has 4 aromatic carbocycles. The van der Waals surface area contributed by atoms with Gasteiger partial charge >= 0.3 is 12.1 Å². The van der Waals surface area contributed by atoms with E-state index in [4.69, 9.17) is 9.15 Å². The van der Waals surface area contributed by atoms with E-state index >= 15 is 0 Å². The summed E-state index contributed by atoms with van der Waals surface area (Å²) in [5, 5.41) is 11.9. The molecule has 0 bridgehead atoms. The van der Waals surface area contributed by atoms with E-state index in [0.717, 1.165) is 49.1 Å². The third-order valence-electron chi connectivity index (χ3n) is 7.27. The van der Waals surface area contributed by atoms with Gasteiger partial charge in [-0.15, -0.1) is 11.8 Å². The number of benzene rings is 4. The SMILES string of the molecule is CC(C)(C)OC(=O)N1CC(Sc2ccc(-c3ccc(-c4cccc5c4oc4ccccc45)cc3)cc2)CC1C(=O)O. The van der Waals surface area contributed by atoms with Crippen molar-refractivity contribution in [2.75, 3.05) is 6.54 Å². The number of amides is 1. The van der Waals surface area contributed by atoms with Gasteiger partial charge in [-0.2, -0.15) is 0 Å². The Balaban J connectivity index is 1.16. The zero-order valence-corrected chi connectivity index (χ0v) is 24.0. The summed E-state index contributed by atoms with van der Waals surface area (Å²) in [6.45, 7) is 5.66. The Bertz CT molecular complexity index is 1730. The highest BCUT2D eigenvalue weighted by Gasteiger charge is 2.41. The number of hydrogen-bond acceptors (Lipinski definition) is 5. The maximum Gasteiger partial charge on any atom is 0.411 e. The van der Waals surface area contributed by atoms with Crippen LogP contribution in [-0.2, 0) is 9.53 Å². The molecule has 6 rings (SSSR count). The number of ether oxygens (including phenoxy) is 1. The molecule has 5 aromatic rings. The second kappa shape index (κ2) is 10.6. The zero-order chi connectivity index (χ0) is 28.7. The minimum absolute atomic E-state index is 0.0327. The van der Waals surface area contributed by atoms with Crippen molar-refractivity contribution in [2.45, 2.75) is 49.0 Å². The van der Waals surface area contributed by atoms with Crippen molar-refractivity contribution in [1.29, 1.82) is 0 Å². The van der Waals surface area contributed by atoms with Crippen molar-refractivity contribution in [3.05, 3.63) is 91.0 Å². The van der Waals surface area contributed by atoms with Crippen LogP contribution in [0.3, 0.4) is 0 Å². The Kier molecular flexibility index (Phi) is 6.99. The van der Waals surface area contributed by atoms with E-state index in [1.165, 1.54) is 4.90 Å². The van der Waals surface area contributed by atoms with Crippen LogP contribution >= 0.6 is 11.8 Å². The molecule has 7 heteroatoms. The maximum atomic E-state index is 12.6. The Morgan fingerprint density at radius 2 is 1.49 bits per heavy atom. The van der Waals surface area contributed by atoms with Crippen LogP contribution in [0.5, 0.6) is 0 Å². The third-order valence-corrected chi connectivity index (χ3v) is 8.49. The highest BCUT2D eigenvalue weighted by molar-refractivity contribution is 8.00. The number of thioether (sulfide) groups is 1. The van der Waals surface area contributed by atoms with Gasteiger partial charge in [0.2, 0.25) is 0 Å². The normalized spacial score (nSPS) is 17.3. The first-order chi connectivity index (χ1) is 19.7. The van der Waals surface area contributed by atoms with Gasteiger partial charge in [-0.25, -0.2) is 9.59 Å². The molecule has 1 aliphatic heterocycles. The van der Waals surface area contributed by atoms with Gasteiger partial charge in [0.05, 0.1) is 0 Å². The lowest BCUT2D eigenvalue weighted by molar-refractivity contribution is -0.142. The van der Waals surface area contributed by atoms with Crippen LogP contribution in [0.25, 0.3) is 44.2 Å². The smallest absolute Gasteiger partial charge is 0.411 e. The van der Waals surface area contributed by atoms with Crippen molar-refractivity contribution in [1.82, 2.24) is 4.90 Å². The topological polar surface area (TPSA) is 80.0 Å². The summed E-state index contributed by atoms with van der Waals surface area (Å²) in [5.74, 6) is -1.01. The molecule has 2 atom stereocenters. The minimum Gasteiger partial charge on any atom is -0.480 e. The molecule has 0 saturated carbocycles. The quantitative estimate of drug-likeness (QED) is 0.230. The van der Waals surface area contributed by atoms with Crippen LogP contribution in [0.15, 0.2) is 100 Å². The first-order valence-electron chi connectivity index (χ1n) is 13.7. The van der Waals surface area contributed by atoms with Crippen LogP contribution in [0.4, 0.5) is 4.79 Å². The highest BCUT2D eigenvalue weighted by Crippen LogP contribution is 2.37. The Hall–Kier alpha value is -4.23. The molecule has 0 spiro atoms. The number of hydrogen-bond donors (Lipinski definition) is 1. The van der Waals surface area contributed by atoms with Crippen LogP contribution in [-0.4, -0.2) is 45.5 Å². The molecule has 1 amide bonds. The van der Waals surface area contributed by atoms with Crippen LogP contribution in [0.1, 0.15) is 27.2 Å². The molecule has 1 N–H and O–H groups in total. The van der Waals surface area contributed by atoms with Crippen molar-refractivity contribution in [2.24, 2.45) is 0 Å². The fraction of sp³-hybridized carbons (Fsp3) is 0.235. The lowest BCUT2D eigenvalue weighted by atomic mass is 9.99. The molecule has 1 aliphatic rings. The van der Waals surface area contributed by atoms with Gasteiger partial charge in [0.25, 0.3) is 0 Å². The molecule has 1 fully saturated rings. The van der Waals surface area contributed by atoms with Crippen LogP contribution in [0.2, 0.25) is 0 Å². The summed E-state index contributed by atoms with van der Waals surface area (Å²) in [5.41, 5.74) is 5.45. The summed E-state index contributed by atoms with van der Waals surface area (Å²) in [6, 6.07) is 30.2. The number of carboxylic acids is 1. The molecule has 0 radical (unpaired) electrons. The Morgan fingerprint density at radius 1 is 0.854 bits per heavy atom. The molecular formula is C34H31NO5S. The standard InChI is InChI=1S/C34H31NO5S/c1-34(2,3)40-33(38)35-20-25(19-29(35)32(36)37)41-24-17-15-22(16-18-24)21-11-13-23(14-12-21)26-8-6-9-28-27-7-4-5-10-30(27)39-31(26)28/h4-18,25,29H,19-20H2,1-3H3,(H,36,37). The fourth-order valence-corrected chi connectivity index (χ4v) is 6.57. The average Bonchev–Trinajstić information content (AvgIpc) is 3.55. The number of carbonyl (C=O) groups is 2. The number of carboxylic acid groups (broad SMARTS) is 1. The fourth-order valence-electron chi connectivity index (χ4n) is 5.37. The Labute approximate surface area is 242 Å². The number of para-hydroxylation sites is 2. The number of aliphatic carboxylic acids is 1. The third kappa shape index (κ3) is 5.55. The van der Waals surface area contributed by atoms with E-state index in [2.05, 4.69) is 72.8 Å². The lowest BCUT2D eigenvalue weighted by Gasteiger charge is -2.26. The van der Waals surface area contributed by atoms with Gasteiger partial charge < -0.3 is 14.3 Å². The summed E-state index contributed by atoms with van der Waals surface area (Å²) < 4.78 is 11.7. The number of furan rings is 1. The first kappa shape index (κ1) is 27.0. The van der Waals surface area contributed by atoms with E-state index < -0.39 is 23.7 Å².